The van der Waals surface area contributed by atoms with E-state index in [1.54, 1.807) is 0 Å². The van der Waals surface area contributed by atoms with Crippen LogP contribution in [0.1, 0.15) is 10.4 Å². The number of rotatable bonds is 4. The van der Waals surface area contributed by atoms with Crippen LogP contribution in [0.25, 0.3) is 10.1 Å². The zero-order valence-electron chi connectivity index (χ0n) is 9.86. The van der Waals surface area contributed by atoms with Gasteiger partial charge in [-0.2, -0.15) is 0 Å². The molecule has 2 rings (SSSR count). The molecule has 0 radical (unpaired) electrons. The molecule has 0 saturated heterocycles. The maximum atomic E-state index is 5.68. The van der Waals surface area contributed by atoms with Crippen molar-refractivity contribution in [3.63, 3.8) is 0 Å². The summed E-state index contributed by atoms with van der Waals surface area (Å²) < 4.78 is 1.38. The number of hydrogen-bond acceptors (Lipinski definition) is 3. The standard InChI is InChI=1S/C13H18N2S/c1-15(2)9-11-10-5-3-4-6-12(10)16-13(11)7-8-14/h3-6H,7-9,14H2,1-2H3. The molecule has 2 nitrogen and oxygen atoms in total. The molecule has 0 unspecified atom stereocenters. The Morgan fingerprint density at radius 2 is 2.00 bits per heavy atom. The maximum absolute atomic E-state index is 5.68. The highest BCUT2D eigenvalue weighted by molar-refractivity contribution is 7.19. The Balaban J connectivity index is 2.50. The van der Waals surface area contributed by atoms with Gasteiger partial charge in [-0.3, -0.25) is 0 Å². The van der Waals surface area contributed by atoms with Crippen LogP contribution in [0.5, 0.6) is 0 Å². The predicted molar refractivity (Wildman–Crippen MR) is 72.0 cm³/mol. The summed E-state index contributed by atoms with van der Waals surface area (Å²) >= 11 is 1.88. The minimum absolute atomic E-state index is 0.729. The third-order valence-electron chi connectivity index (χ3n) is 2.63. The van der Waals surface area contributed by atoms with Gasteiger partial charge in [-0.05, 0) is 44.1 Å². The molecule has 0 spiro atoms. The maximum Gasteiger partial charge on any atom is 0.0349 e. The summed E-state index contributed by atoms with van der Waals surface area (Å²) in [4.78, 5) is 3.66. The highest BCUT2D eigenvalue weighted by Gasteiger charge is 2.11. The summed E-state index contributed by atoms with van der Waals surface area (Å²) in [5.41, 5.74) is 7.13. The van der Waals surface area contributed by atoms with Crippen LogP contribution in [-0.2, 0) is 13.0 Å². The van der Waals surface area contributed by atoms with Gasteiger partial charge in [-0.15, -0.1) is 11.3 Å². The molecule has 1 aromatic carbocycles. The first-order chi connectivity index (χ1) is 7.72. The van der Waals surface area contributed by atoms with Crippen molar-refractivity contribution in [3.05, 3.63) is 34.7 Å². The van der Waals surface area contributed by atoms with E-state index in [1.807, 2.05) is 11.3 Å². The normalized spacial score (nSPS) is 11.5. The molecule has 0 saturated carbocycles. The molecule has 2 N–H and O–H groups in total. The van der Waals surface area contributed by atoms with E-state index in [2.05, 4.69) is 43.3 Å². The summed E-state index contributed by atoms with van der Waals surface area (Å²) in [6.45, 7) is 1.73. The van der Waals surface area contributed by atoms with Gasteiger partial charge in [0.1, 0.15) is 0 Å². The SMILES string of the molecule is CN(C)Cc1c(CCN)sc2ccccc12. The number of nitrogens with two attached hydrogens (primary N) is 1. The summed E-state index contributed by atoms with van der Waals surface area (Å²) in [6, 6.07) is 8.62. The van der Waals surface area contributed by atoms with Crippen LogP contribution >= 0.6 is 11.3 Å². The molecule has 3 heteroatoms. The number of benzene rings is 1. The highest BCUT2D eigenvalue weighted by atomic mass is 32.1. The molecule has 2 aromatic rings. The highest BCUT2D eigenvalue weighted by Crippen LogP contribution is 2.32. The Bertz CT molecular complexity index is 474. The minimum atomic E-state index is 0.729. The van der Waals surface area contributed by atoms with Crippen molar-refractivity contribution < 1.29 is 0 Å². The van der Waals surface area contributed by atoms with Gasteiger partial charge in [-0.25, -0.2) is 0 Å². The average Bonchev–Trinajstić information content (AvgIpc) is 2.57. The van der Waals surface area contributed by atoms with E-state index in [0.29, 0.717) is 0 Å². The second-order valence-electron chi connectivity index (χ2n) is 4.28. The molecule has 0 amide bonds. The predicted octanol–water partition coefficient (Wildman–Crippen LogP) is 2.46. The van der Waals surface area contributed by atoms with Crippen molar-refractivity contribution in [2.24, 2.45) is 5.73 Å². The molecular formula is C13H18N2S. The molecule has 0 aliphatic carbocycles. The minimum Gasteiger partial charge on any atom is -0.330 e. The molecular weight excluding hydrogens is 216 g/mol. The Morgan fingerprint density at radius 1 is 1.25 bits per heavy atom. The third kappa shape index (κ3) is 2.26. The first-order valence-electron chi connectivity index (χ1n) is 5.56. The largest absolute Gasteiger partial charge is 0.330 e. The van der Waals surface area contributed by atoms with Crippen LogP contribution in [-0.4, -0.2) is 25.5 Å². The lowest BCUT2D eigenvalue weighted by molar-refractivity contribution is 0.403. The quantitative estimate of drug-likeness (QED) is 0.880. The van der Waals surface area contributed by atoms with Crippen molar-refractivity contribution in [2.45, 2.75) is 13.0 Å². The third-order valence-corrected chi connectivity index (χ3v) is 3.90. The van der Waals surface area contributed by atoms with Crippen LogP contribution in [0, 0.1) is 0 Å². The molecule has 0 bridgehead atoms. The van der Waals surface area contributed by atoms with E-state index in [-0.39, 0.29) is 0 Å². The first-order valence-corrected chi connectivity index (χ1v) is 6.38. The topological polar surface area (TPSA) is 29.3 Å². The van der Waals surface area contributed by atoms with Gasteiger partial charge in [0.25, 0.3) is 0 Å². The zero-order valence-corrected chi connectivity index (χ0v) is 10.7. The van der Waals surface area contributed by atoms with Gasteiger partial charge < -0.3 is 10.6 Å². The van der Waals surface area contributed by atoms with Crippen molar-refractivity contribution in [1.29, 1.82) is 0 Å². The lowest BCUT2D eigenvalue weighted by atomic mass is 10.1. The van der Waals surface area contributed by atoms with E-state index in [1.165, 1.54) is 20.5 Å². The molecule has 0 atom stereocenters. The van der Waals surface area contributed by atoms with Crippen molar-refractivity contribution >= 4 is 21.4 Å². The van der Waals surface area contributed by atoms with Crippen LogP contribution in [0.2, 0.25) is 0 Å². The Labute approximate surface area is 101 Å². The Morgan fingerprint density at radius 3 is 2.69 bits per heavy atom. The molecule has 86 valence electrons. The second kappa shape index (κ2) is 4.95. The number of thiophene rings is 1. The van der Waals surface area contributed by atoms with E-state index in [4.69, 9.17) is 5.73 Å². The van der Waals surface area contributed by atoms with Gasteiger partial charge in [0.2, 0.25) is 0 Å². The molecule has 0 aliphatic heterocycles. The lowest BCUT2D eigenvalue weighted by Crippen LogP contribution is -2.12. The summed E-state index contributed by atoms with van der Waals surface area (Å²) in [5.74, 6) is 0. The smallest absolute Gasteiger partial charge is 0.0349 e. The molecule has 0 aliphatic rings. The van der Waals surface area contributed by atoms with Gasteiger partial charge in [0.15, 0.2) is 0 Å². The molecule has 1 heterocycles. The Kier molecular flexibility index (Phi) is 3.59. The second-order valence-corrected chi connectivity index (χ2v) is 5.41. The first kappa shape index (κ1) is 11.6. The average molecular weight is 234 g/mol. The monoisotopic (exact) mass is 234 g/mol. The van der Waals surface area contributed by atoms with E-state index < -0.39 is 0 Å². The molecule has 16 heavy (non-hydrogen) atoms. The lowest BCUT2D eigenvalue weighted by Gasteiger charge is -2.10. The fraction of sp³-hybridized carbons (Fsp3) is 0.385. The summed E-state index contributed by atoms with van der Waals surface area (Å²) in [5, 5.41) is 1.39. The fourth-order valence-corrected chi connectivity index (χ4v) is 3.20. The van der Waals surface area contributed by atoms with Crippen molar-refractivity contribution in [3.8, 4) is 0 Å². The van der Waals surface area contributed by atoms with E-state index in [9.17, 15) is 0 Å². The van der Waals surface area contributed by atoms with Crippen LogP contribution in [0.3, 0.4) is 0 Å². The van der Waals surface area contributed by atoms with Crippen LogP contribution < -0.4 is 5.73 Å². The zero-order chi connectivity index (χ0) is 11.5. The van der Waals surface area contributed by atoms with Gasteiger partial charge in [-0.1, -0.05) is 18.2 Å². The van der Waals surface area contributed by atoms with Crippen molar-refractivity contribution in [2.75, 3.05) is 20.6 Å². The Hall–Kier alpha value is -0.900. The van der Waals surface area contributed by atoms with Crippen molar-refractivity contribution in [1.82, 2.24) is 4.90 Å². The van der Waals surface area contributed by atoms with Gasteiger partial charge in [0, 0.05) is 16.1 Å². The van der Waals surface area contributed by atoms with Crippen LogP contribution in [0.15, 0.2) is 24.3 Å². The fourth-order valence-electron chi connectivity index (χ4n) is 1.97. The summed E-state index contributed by atoms with van der Waals surface area (Å²) in [6.07, 6.45) is 0.989. The summed E-state index contributed by atoms with van der Waals surface area (Å²) in [7, 11) is 4.22. The van der Waals surface area contributed by atoms with E-state index in [0.717, 1.165) is 19.5 Å². The number of fused-ring (bicyclic) bond motifs is 1. The molecule has 1 aromatic heterocycles. The van der Waals surface area contributed by atoms with Gasteiger partial charge in [0.05, 0.1) is 0 Å². The van der Waals surface area contributed by atoms with Crippen LogP contribution in [0.4, 0.5) is 0 Å². The van der Waals surface area contributed by atoms with Gasteiger partial charge >= 0.3 is 0 Å². The number of hydrogen-bond donors (Lipinski definition) is 1. The number of nitrogens with zero attached hydrogens (tertiary/aromatic N) is 1. The van der Waals surface area contributed by atoms with E-state index >= 15 is 0 Å². The molecule has 0 fully saturated rings.